The third-order valence-corrected chi connectivity index (χ3v) is 2.01. The monoisotopic (exact) mass is 182 g/mol. The van der Waals surface area contributed by atoms with Crippen LogP contribution in [-0.2, 0) is 0 Å². The first-order chi connectivity index (χ1) is 5.52. The molecule has 0 radical (unpaired) electrons. The summed E-state index contributed by atoms with van der Waals surface area (Å²) in [6.07, 6.45) is -1.25. The van der Waals surface area contributed by atoms with Crippen molar-refractivity contribution in [3.05, 3.63) is 0 Å². The van der Waals surface area contributed by atoms with Crippen LogP contribution in [0.2, 0.25) is 0 Å². The summed E-state index contributed by atoms with van der Waals surface area (Å²) >= 11 is 0. The summed E-state index contributed by atoms with van der Waals surface area (Å²) in [7, 11) is 0. The van der Waals surface area contributed by atoms with E-state index < -0.39 is 12.1 Å². The van der Waals surface area contributed by atoms with Gasteiger partial charge in [0.1, 0.15) is 0 Å². The molecule has 0 aromatic rings. The van der Waals surface area contributed by atoms with Gasteiger partial charge >= 0.3 is 6.18 Å². The minimum atomic E-state index is -3.98. The van der Waals surface area contributed by atoms with E-state index in [0.717, 1.165) is 6.42 Å². The third kappa shape index (κ3) is 4.62. The highest BCUT2D eigenvalue weighted by Gasteiger charge is 2.37. The first kappa shape index (κ1) is 11.8. The van der Waals surface area contributed by atoms with E-state index in [1.165, 1.54) is 0 Å². The summed E-state index contributed by atoms with van der Waals surface area (Å²) in [4.78, 5) is 0. The lowest BCUT2D eigenvalue weighted by Gasteiger charge is -2.18. The number of rotatable bonds is 5. The Balaban J connectivity index is 3.86. The van der Waals surface area contributed by atoms with E-state index in [2.05, 4.69) is 0 Å². The zero-order valence-corrected chi connectivity index (χ0v) is 7.75. The Labute approximate surface area is 72.2 Å². The molecule has 74 valence electrons. The van der Waals surface area contributed by atoms with Crippen LogP contribution in [-0.4, -0.2) is 6.18 Å². The molecule has 3 heteroatoms. The molecule has 0 saturated heterocycles. The summed E-state index contributed by atoms with van der Waals surface area (Å²) in [5.74, 6) is -1.07. The van der Waals surface area contributed by atoms with E-state index in [0.29, 0.717) is 19.3 Å². The van der Waals surface area contributed by atoms with Crippen molar-refractivity contribution in [1.82, 2.24) is 0 Å². The second kappa shape index (κ2) is 5.44. The molecule has 0 bridgehead atoms. The summed E-state index contributed by atoms with van der Waals surface area (Å²) < 4.78 is 36.7. The second-order valence-corrected chi connectivity index (χ2v) is 3.17. The maximum absolute atomic E-state index is 12.2. The van der Waals surface area contributed by atoms with Crippen LogP contribution in [0.25, 0.3) is 0 Å². The van der Waals surface area contributed by atoms with Gasteiger partial charge < -0.3 is 0 Å². The molecule has 0 aliphatic carbocycles. The molecule has 0 saturated carbocycles. The van der Waals surface area contributed by atoms with Crippen molar-refractivity contribution in [1.29, 1.82) is 0 Å². The van der Waals surface area contributed by atoms with Crippen molar-refractivity contribution in [2.45, 2.75) is 52.1 Å². The number of hydrogen-bond acceptors (Lipinski definition) is 0. The summed E-state index contributed by atoms with van der Waals surface area (Å²) in [6.45, 7) is 3.71. The van der Waals surface area contributed by atoms with Crippen molar-refractivity contribution < 1.29 is 13.2 Å². The summed E-state index contributed by atoms with van der Waals surface area (Å²) in [6, 6.07) is 0. The number of unbranched alkanes of at least 4 members (excludes halogenated alkanes) is 1. The van der Waals surface area contributed by atoms with Gasteiger partial charge in [0.05, 0.1) is 5.92 Å². The molecule has 12 heavy (non-hydrogen) atoms. The fourth-order valence-electron chi connectivity index (χ4n) is 1.27. The van der Waals surface area contributed by atoms with Crippen LogP contribution in [0.4, 0.5) is 13.2 Å². The Hall–Kier alpha value is -0.210. The van der Waals surface area contributed by atoms with E-state index in [1.807, 2.05) is 6.92 Å². The van der Waals surface area contributed by atoms with Gasteiger partial charge in [-0.25, -0.2) is 0 Å². The highest BCUT2D eigenvalue weighted by atomic mass is 19.4. The summed E-state index contributed by atoms with van der Waals surface area (Å²) in [5.41, 5.74) is 0. The first-order valence-electron chi connectivity index (χ1n) is 4.59. The van der Waals surface area contributed by atoms with Crippen LogP contribution >= 0.6 is 0 Å². The van der Waals surface area contributed by atoms with Gasteiger partial charge in [-0.3, -0.25) is 0 Å². The molecule has 0 aromatic heterocycles. The predicted octanol–water partition coefficient (Wildman–Crippen LogP) is 4.16. The maximum atomic E-state index is 12.2. The highest BCUT2D eigenvalue weighted by molar-refractivity contribution is 4.66. The number of alkyl halides is 3. The molecule has 0 fully saturated rings. The van der Waals surface area contributed by atoms with Crippen molar-refractivity contribution in [2.24, 2.45) is 5.92 Å². The normalized spacial score (nSPS) is 14.8. The molecule has 1 unspecified atom stereocenters. The van der Waals surface area contributed by atoms with E-state index in [1.54, 1.807) is 6.92 Å². The van der Waals surface area contributed by atoms with Crippen LogP contribution in [0.15, 0.2) is 0 Å². The lowest BCUT2D eigenvalue weighted by Crippen LogP contribution is -2.22. The SMILES string of the molecule is CCCCC(CCC)C(F)(F)F. The molecule has 0 aliphatic heterocycles. The molecule has 1 atom stereocenters. The Morgan fingerprint density at radius 2 is 1.58 bits per heavy atom. The van der Waals surface area contributed by atoms with Crippen LogP contribution in [0.3, 0.4) is 0 Å². The Morgan fingerprint density at radius 3 is 1.92 bits per heavy atom. The topological polar surface area (TPSA) is 0 Å². The van der Waals surface area contributed by atoms with Gasteiger partial charge in [0.15, 0.2) is 0 Å². The zero-order chi connectivity index (χ0) is 9.61. The molecular weight excluding hydrogens is 165 g/mol. The molecule has 0 heterocycles. The molecular formula is C9H17F3. The Bertz CT molecular complexity index is 107. The molecule has 0 aromatic carbocycles. The molecule has 0 amide bonds. The van der Waals surface area contributed by atoms with E-state index >= 15 is 0 Å². The Kier molecular flexibility index (Phi) is 5.34. The maximum Gasteiger partial charge on any atom is 0.391 e. The number of halogens is 3. The predicted molar refractivity (Wildman–Crippen MR) is 44.0 cm³/mol. The minimum Gasteiger partial charge on any atom is -0.171 e. The molecule has 0 spiro atoms. The molecule has 0 N–H and O–H groups in total. The van der Waals surface area contributed by atoms with Gasteiger partial charge in [0.25, 0.3) is 0 Å². The Morgan fingerprint density at radius 1 is 1.00 bits per heavy atom. The smallest absolute Gasteiger partial charge is 0.171 e. The fraction of sp³-hybridized carbons (Fsp3) is 1.00. The first-order valence-corrected chi connectivity index (χ1v) is 4.59. The largest absolute Gasteiger partial charge is 0.391 e. The average molecular weight is 182 g/mol. The summed E-state index contributed by atoms with van der Waals surface area (Å²) in [5, 5.41) is 0. The van der Waals surface area contributed by atoms with Gasteiger partial charge in [-0.1, -0.05) is 33.1 Å². The van der Waals surface area contributed by atoms with Crippen LogP contribution in [0, 0.1) is 5.92 Å². The van der Waals surface area contributed by atoms with Crippen LogP contribution in [0.1, 0.15) is 46.0 Å². The third-order valence-electron chi connectivity index (χ3n) is 2.01. The van der Waals surface area contributed by atoms with Gasteiger partial charge in [-0.15, -0.1) is 0 Å². The second-order valence-electron chi connectivity index (χ2n) is 3.17. The molecule has 0 aliphatic rings. The van der Waals surface area contributed by atoms with Gasteiger partial charge in [-0.2, -0.15) is 13.2 Å². The molecule has 0 rings (SSSR count). The van der Waals surface area contributed by atoms with E-state index in [9.17, 15) is 13.2 Å². The van der Waals surface area contributed by atoms with Crippen LogP contribution in [0.5, 0.6) is 0 Å². The van der Waals surface area contributed by atoms with Crippen molar-refractivity contribution in [3.8, 4) is 0 Å². The van der Waals surface area contributed by atoms with E-state index in [-0.39, 0.29) is 6.42 Å². The lowest BCUT2D eigenvalue weighted by molar-refractivity contribution is -0.178. The average Bonchev–Trinajstić information content (AvgIpc) is 1.95. The lowest BCUT2D eigenvalue weighted by atomic mass is 9.97. The van der Waals surface area contributed by atoms with Gasteiger partial charge in [-0.05, 0) is 12.8 Å². The number of hydrogen-bond donors (Lipinski definition) is 0. The van der Waals surface area contributed by atoms with Gasteiger partial charge in [0.2, 0.25) is 0 Å². The fourth-order valence-corrected chi connectivity index (χ4v) is 1.27. The minimum absolute atomic E-state index is 0.281. The van der Waals surface area contributed by atoms with Crippen molar-refractivity contribution >= 4 is 0 Å². The quantitative estimate of drug-likeness (QED) is 0.599. The standard InChI is InChI=1S/C9H17F3/c1-3-5-7-8(6-4-2)9(10,11)12/h8H,3-7H2,1-2H3. The highest BCUT2D eigenvalue weighted by Crippen LogP contribution is 2.33. The van der Waals surface area contributed by atoms with E-state index in [4.69, 9.17) is 0 Å². The van der Waals surface area contributed by atoms with Crippen molar-refractivity contribution in [2.75, 3.05) is 0 Å². The zero-order valence-electron chi connectivity index (χ0n) is 7.75. The van der Waals surface area contributed by atoms with Gasteiger partial charge in [0, 0.05) is 0 Å². The van der Waals surface area contributed by atoms with Crippen molar-refractivity contribution in [3.63, 3.8) is 0 Å². The van der Waals surface area contributed by atoms with Crippen LogP contribution < -0.4 is 0 Å². The molecule has 0 nitrogen and oxygen atoms in total.